The van der Waals surface area contributed by atoms with Crippen LogP contribution < -0.4 is 10.6 Å². The van der Waals surface area contributed by atoms with Gasteiger partial charge < -0.3 is 10.6 Å². The Morgan fingerprint density at radius 1 is 1.17 bits per heavy atom. The Bertz CT molecular complexity index is 514. The van der Waals surface area contributed by atoms with Crippen LogP contribution in [0.2, 0.25) is 0 Å². The summed E-state index contributed by atoms with van der Waals surface area (Å²) in [6, 6.07) is 1.17. The summed E-state index contributed by atoms with van der Waals surface area (Å²) in [4.78, 5) is 12.1. The molecule has 0 radical (unpaired) electrons. The summed E-state index contributed by atoms with van der Waals surface area (Å²) in [7, 11) is -3.22. The highest BCUT2D eigenvalue weighted by Gasteiger charge is 2.34. The largest absolute Gasteiger partial charge is 0.355 e. The molecular formula is C15H28ClN3O3S2. The zero-order valence-corrected chi connectivity index (χ0v) is 16.4. The van der Waals surface area contributed by atoms with Gasteiger partial charge in [-0.3, -0.25) is 4.79 Å². The van der Waals surface area contributed by atoms with E-state index in [1.165, 1.54) is 12.8 Å². The molecule has 3 aliphatic rings. The fraction of sp³-hybridized carbons (Fsp3) is 0.933. The second-order valence-corrected chi connectivity index (χ2v) is 10.2. The number of fused-ring (bicyclic) bond motifs is 2. The van der Waals surface area contributed by atoms with Crippen LogP contribution in [-0.4, -0.2) is 67.6 Å². The van der Waals surface area contributed by atoms with E-state index in [0.29, 0.717) is 37.5 Å². The molecular weight excluding hydrogens is 370 g/mol. The monoisotopic (exact) mass is 397 g/mol. The van der Waals surface area contributed by atoms with Gasteiger partial charge in [0.25, 0.3) is 0 Å². The number of rotatable bonds is 6. The van der Waals surface area contributed by atoms with E-state index >= 15 is 0 Å². The van der Waals surface area contributed by atoms with Crippen LogP contribution in [0.5, 0.6) is 0 Å². The number of sulfonamides is 1. The van der Waals surface area contributed by atoms with Crippen LogP contribution in [0, 0.1) is 5.92 Å². The van der Waals surface area contributed by atoms with E-state index in [4.69, 9.17) is 0 Å². The SMILES string of the molecule is Cl.O=C(CC1CC2CCC(C1)N2)NCCS(=O)(=O)N1CCSCC1. The lowest BCUT2D eigenvalue weighted by Gasteiger charge is -2.28. The van der Waals surface area contributed by atoms with Crippen LogP contribution in [0.4, 0.5) is 0 Å². The lowest BCUT2D eigenvalue weighted by atomic mass is 9.89. The fourth-order valence-electron chi connectivity index (χ4n) is 3.95. The second-order valence-electron chi connectivity index (χ2n) is 6.86. The predicted molar refractivity (Wildman–Crippen MR) is 100 cm³/mol. The van der Waals surface area contributed by atoms with Gasteiger partial charge in [0.05, 0.1) is 5.75 Å². The molecule has 3 heterocycles. The van der Waals surface area contributed by atoms with Gasteiger partial charge >= 0.3 is 0 Å². The Morgan fingerprint density at radius 2 is 1.79 bits per heavy atom. The zero-order valence-electron chi connectivity index (χ0n) is 13.9. The minimum absolute atomic E-state index is 0. The molecule has 0 aromatic rings. The van der Waals surface area contributed by atoms with Crippen molar-refractivity contribution in [1.29, 1.82) is 0 Å². The Kier molecular flexibility index (Phi) is 7.67. The van der Waals surface area contributed by atoms with Gasteiger partial charge in [0.1, 0.15) is 0 Å². The van der Waals surface area contributed by atoms with E-state index in [-0.39, 0.29) is 30.6 Å². The normalized spacial score (nSPS) is 30.6. The standard InChI is InChI=1S/C15H27N3O3S2.ClH/c19-15(11-12-9-13-1-2-14(10-12)17-13)16-3-8-23(20,21)18-4-6-22-7-5-18;/h12-14,17H,1-11H2,(H,16,19);1H. The first-order valence-corrected chi connectivity index (χ1v) is 11.4. The molecule has 2 atom stereocenters. The van der Waals surface area contributed by atoms with Crippen LogP contribution in [0.15, 0.2) is 0 Å². The second kappa shape index (κ2) is 9.07. The molecule has 1 amide bonds. The molecule has 140 valence electrons. The third kappa shape index (κ3) is 5.49. The minimum Gasteiger partial charge on any atom is -0.355 e. The first kappa shape index (κ1) is 20.3. The summed E-state index contributed by atoms with van der Waals surface area (Å²) in [5.74, 6) is 2.19. The summed E-state index contributed by atoms with van der Waals surface area (Å²) in [5, 5.41) is 6.38. The highest BCUT2D eigenvalue weighted by atomic mass is 35.5. The maximum Gasteiger partial charge on any atom is 0.220 e. The van der Waals surface area contributed by atoms with Crippen LogP contribution in [0.1, 0.15) is 32.1 Å². The van der Waals surface area contributed by atoms with E-state index in [9.17, 15) is 13.2 Å². The predicted octanol–water partition coefficient (Wildman–Crippen LogP) is 0.824. The van der Waals surface area contributed by atoms with Gasteiger partial charge in [-0.2, -0.15) is 11.8 Å². The number of carbonyl (C=O) groups excluding carboxylic acids is 1. The van der Waals surface area contributed by atoms with E-state index < -0.39 is 10.0 Å². The molecule has 0 aromatic carbocycles. The number of nitrogens with zero attached hydrogens (tertiary/aromatic N) is 1. The number of hydrogen-bond donors (Lipinski definition) is 2. The van der Waals surface area contributed by atoms with Crippen molar-refractivity contribution in [3.05, 3.63) is 0 Å². The molecule has 6 nitrogen and oxygen atoms in total. The van der Waals surface area contributed by atoms with Gasteiger partial charge in [-0.15, -0.1) is 12.4 Å². The highest BCUT2D eigenvalue weighted by Crippen LogP contribution is 2.32. The summed E-state index contributed by atoms with van der Waals surface area (Å²) in [6.45, 7) is 1.42. The van der Waals surface area contributed by atoms with Crippen LogP contribution in [0.3, 0.4) is 0 Å². The number of thioether (sulfide) groups is 1. The maximum atomic E-state index is 12.2. The lowest BCUT2D eigenvalue weighted by molar-refractivity contribution is -0.122. The molecule has 2 bridgehead atoms. The quantitative estimate of drug-likeness (QED) is 0.693. The molecule has 24 heavy (non-hydrogen) atoms. The molecule has 2 unspecified atom stereocenters. The number of halogens is 1. The molecule has 0 aliphatic carbocycles. The third-order valence-electron chi connectivity index (χ3n) is 5.09. The first-order chi connectivity index (χ1) is 11.0. The fourth-order valence-corrected chi connectivity index (χ4v) is 6.44. The zero-order chi connectivity index (χ0) is 16.3. The van der Waals surface area contributed by atoms with Gasteiger partial charge in [-0.25, -0.2) is 12.7 Å². The topological polar surface area (TPSA) is 78.5 Å². The van der Waals surface area contributed by atoms with Crippen molar-refractivity contribution < 1.29 is 13.2 Å². The highest BCUT2D eigenvalue weighted by molar-refractivity contribution is 7.99. The summed E-state index contributed by atoms with van der Waals surface area (Å²) in [6.07, 6.45) is 5.15. The maximum absolute atomic E-state index is 12.2. The van der Waals surface area contributed by atoms with Crippen LogP contribution in [-0.2, 0) is 14.8 Å². The average Bonchev–Trinajstić information content (AvgIpc) is 2.87. The van der Waals surface area contributed by atoms with Crippen molar-refractivity contribution in [3.63, 3.8) is 0 Å². The average molecular weight is 398 g/mol. The summed E-state index contributed by atoms with van der Waals surface area (Å²) < 4.78 is 26.0. The van der Waals surface area contributed by atoms with Gasteiger partial charge in [0.2, 0.25) is 15.9 Å². The number of piperidine rings is 1. The van der Waals surface area contributed by atoms with Crippen molar-refractivity contribution >= 4 is 40.1 Å². The number of hydrogen-bond acceptors (Lipinski definition) is 5. The van der Waals surface area contributed by atoms with Crippen molar-refractivity contribution in [2.75, 3.05) is 36.9 Å². The third-order valence-corrected chi connectivity index (χ3v) is 7.90. The number of carbonyl (C=O) groups is 1. The Hall–Kier alpha value is -0.0200. The van der Waals surface area contributed by atoms with Gasteiger partial charge in [0.15, 0.2) is 0 Å². The Morgan fingerprint density at radius 3 is 2.42 bits per heavy atom. The van der Waals surface area contributed by atoms with E-state index in [1.54, 1.807) is 16.1 Å². The number of nitrogens with one attached hydrogen (secondary N) is 2. The van der Waals surface area contributed by atoms with Gasteiger partial charge in [0, 0.05) is 49.6 Å². The van der Waals surface area contributed by atoms with Crippen LogP contribution in [0.25, 0.3) is 0 Å². The van der Waals surface area contributed by atoms with Crippen molar-refractivity contribution in [2.45, 2.75) is 44.2 Å². The molecule has 2 N–H and O–H groups in total. The Balaban J connectivity index is 0.00000208. The minimum atomic E-state index is -3.22. The molecule has 0 spiro atoms. The lowest BCUT2D eigenvalue weighted by Crippen LogP contribution is -2.42. The van der Waals surface area contributed by atoms with Crippen LogP contribution >= 0.6 is 24.2 Å². The number of amides is 1. The first-order valence-electron chi connectivity index (χ1n) is 8.61. The molecule has 3 saturated heterocycles. The molecule has 3 rings (SSSR count). The molecule has 3 fully saturated rings. The van der Waals surface area contributed by atoms with Crippen molar-refractivity contribution in [1.82, 2.24) is 14.9 Å². The molecule has 3 aliphatic heterocycles. The van der Waals surface area contributed by atoms with E-state index in [0.717, 1.165) is 24.3 Å². The molecule has 9 heteroatoms. The van der Waals surface area contributed by atoms with Gasteiger partial charge in [-0.05, 0) is 31.6 Å². The summed E-state index contributed by atoms with van der Waals surface area (Å²) >= 11 is 1.79. The van der Waals surface area contributed by atoms with E-state index in [1.807, 2.05) is 0 Å². The van der Waals surface area contributed by atoms with Gasteiger partial charge in [-0.1, -0.05) is 0 Å². The molecule has 0 aromatic heterocycles. The van der Waals surface area contributed by atoms with Crippen molar-refractivity contribution in [3.8, 4) is 0 Å². The van der Waals surface area contributed by atoms with E-state index in [2.05, 4.69) is 10.6 Å². The Labute approximate surface area is 155 Å². The molecule has 0 saturated carbocycles. The summed E-state index contributed by atoms with van der Waals surface area (Å²) in [5.41, 5.74) is 0. The van der Waals surface area contributed by atoms with Crippen molar-refractivity contribution in [2.24, 2.45) is 5.92 Å². The smallest absolute Gasteiger partial charge is 0.220 e.